The molecular formula is C17H19N3O. The van der Waals surface area contributed by atoms with Crippen molar-refractivity contribution in [3.63, 3.8) is 0 Å². The Morgan fingerprint density at radius 1 is 1.24 bits per heavy atom. The van der Waals surface area contributed by atoms with E-state index in [2.05, 4.69) is 29.4 Å². The van der Waals surface area contributed by atoms with Crippen LogP contribution >= 0.6 is 0 Å². The smallest absolute Gasteiger partial charge is 0.103 e. The summed E-state index contributed by atoms with van der Waals surface area (Å²) in [7, 11) is 0. The van der Waals surface area contributed by atoms with Gasteiger partial charge in [-0.15, -0.1) is 0 Å². The highest BCUT2D eigenvalue weighted by molar-refractivity contribution is 5.61. The Hall–Kier alpha value is -2.49. The molecule has 0 aliphatic heterocycles. The number of anilines is 1. The summed E-state index contributed by atoms with van der Waals surface area (Å²) in [4.78, 5) is 4.11. The Morgan fingerprint density at radius 3 is 2.90 bits per heavy atom. The molecule has 1 unspecified atom stereocenters. The lowest BCUT2D eigenvalue weighted by molar-refractivity contribution is 0.495. The zero-order chi connectivity index (χ0) is 14.5. The molecule has 3 rings (SSSR count). The van der Waals surface area contributed by atoms with Crippen LogP contribution in [-0.4, -0.2) is 15.6 Å². The third kappa shape index (κ3) is 3.34. The van der Waals surface area contributed by atoms with Crippen LogP contribution in [0.3, 0.4) is 0 Å². The van der Waals surface area contributed by atoms with Gasteiger partial charge in [-0.2, -0.15) is 0 Å². The van der Waals surface area contributed by atoms with Crippen molar-refractivity contribution in [3.05, 3.63) is 67.1 Å². The van der Waals surface area contributed by atoms with E-state index in [1.54, 1.807) is 12.5 Å². The summed E-state index contributed by atoms with van der Waals surface area (Å²) in [5, 5.41) is 3.57. The molecule has 0 amide bonds. The minimum Gasteiger partial charge on any atom is -0.469 e. The minimum atomic E-state index is 0.361. The Labute approximate surface area is 124 Å². The van der Waals surface area contributed by atoms with E-state index in [9.17, 15) is 0 Å². The number of furan rings is 1. The van der Waals surface area contributed by atoms with Gasteiger partial charge in [-0.1, -0.05) is 12.1 Å². The molecule has 1 atom stereocenters. The lowest BCUT2D eigenvalue weighted by atomic mass is 10.1. The molecule has 0 fully saturated rings. The van der Waals surface area contributed by atoms with Crippen LogP contribution in [0, 0.1) is 0 Å². The maximum atomic E-state index is 5.38. The van der Waals surface area contributed by atoms with Crippen molar-refractivity contribution in [1.82, 2.24) is 9.55 Å². The molecule has 2 aromatic heterocycles. The zero-order valence-electron chi connectivity index (χ0n) is 12.1. The fraction of sp³-hybridized carbons (Fsp3) is 0.235. The third-order valence-electron chi connectivity index (χ3n) is 3.49. The second-order valence-corrected chi connectivity index (χ2v) is 5.15. The molecule has 1 N–H and O–H groups in total. The van der Waals surface area contributed by atoms with Crippen LogP contribution in [0.5, 0.6) is 0 Å². The summed E-state index contributed by atoms with van der Waals surface area (Å²) < 4.78 is 7.39. The van der Waals surface area contributed by atoms with Gasteiger partial charge in [0.1, 0.15) is 5.76 Å². The number of nitrogens with zero attached hydrogens (tertiary/aromatic N) is 2. The van der Waals surface area contributed by atoms with Crippen molar-refractivity contribution in [2.45, 2.75) is 25.8 Å². The molecule has 0 saturated carbocycles. The fourth-order valence-corrected chi connectivity index (χ4v) is 2.37. The minimum absolute atomic E-state index is 0.361. The van der Waals surface area contributed by atoms with Crippen molar-refractivity contribution in [2.75, 3.05) is 5.32 Å². The summed E-state index contributed by atoms with van der Waals surface area (Å²) in [6, 6.07) is 12.6. The van der Waals surface area contributed by atoms with E-state index in [-0.39, 0.29) is 0 Å². The largest absolute Gasteiger partial charge is 0.469 e. The number of para-hydroxylation sites is 2. The van der Waals surface area contributed by atoms with Crippen molar-refractivity contribution < 1.29 is 4.42 Å². The first kappa shape index (κ1) is 13.5. The molecule has 0 aliphatic rings. The molecule has 0 spiro atoms. The van der Waals surface area contributed by atoms with Crippen LogP contribution in [0.1, 0.15) is 19.1 Å². The number of rotatable bonds is 6. The zero-order valence-corrected chi connectivity index (χ0v) is 12.1. The predicted molar refractivity (Wildman–Crippen MR) is 83.7 cm³/mol. The molecule has 108 valence electrons. The third-order valence-corrected chi connectivity index (χ3v) is 3.49. The number of hydrogen-bond donors (Lipinski definition) is 1. The second-order valence-electron chi connectivity index (χ2n) is 5.15. The van der Waals surface area contributed by atoms with Crippen molar-refractivity contribution in [1.29, 1.82) is 0 Å². The summed E-state index contributed by atoms with van der Waals surface area (Å²) in [6.07, 6.45) is 9.24. The summed E-state index contributed by atoms with van der Waals surface area (Å²) >= 11 is 0. The van der Waals surface area contributed by atoms with E-state index < -0.39 is 0 Å². The Balaban J connectivity index is 1.67. The summed E-state index contributed by atoms with van der Waals surface area (Å²) in [5.41, 5.74) is 2.22. The van der Waals surface area contributed by atoms with E-state index in [0.29, 0.717) is 6.04 Å². The molecule has 3 aromatic rings. The van der Waals surface area contributed by atoms with Gasteiger partial charge in [0.05, 0.1) is 24.0 Å². The predicted octanol–water partition coefficient (Wildman–Crippen LogP) is 3.90. The van der Waals surface area contributed by atoms with Crippen LogP contribution in [0.4, 0.5) is 5.69 Å². The van der Waals surface area contributed by atoms with E-state index >= 15 is 0 Å². The highest BCUT2D eigenvalue weighted by Crippen LogP contribution is 2.21. The lowest BCUT2D eigenvalue weighted by Gasteiger charge is -2.18. The molecule has 21 heavy (non-hydrogen) atoms. The van der Waals surface area contributed by atoms with Gasteiger partial charge in [0.25, 0.3) is 0 Å². The van der Waals surface area contributed by atoms with Crippen molar-refractivity contribution >= 4 is 5.69 Å². The van der Waals surface area contributed by atoms with Gasteiger partial charge in [0.2, 0.25) is 0 Å². The van der Waals surface area contributed by atoms with Gasteiger partial charge in [-0.05, 0) is 37.6 Å². The van der Waals surface area contributed by atoms with Crippen LogP contribution in [0.25, 0.3) is 5.69 Å². The molecular weight excluding hydrogens is 262 g/mol. The van der Waals surface area contributed by atoms with Crippen LogP contribution in [-0.2, 0) is 6.42 Å². The first-order valence-corrected chi connectivity index (χ1v) is 7.19. The van der Waals surface area contributed by atoms with E-state index in [0.717, 1.165) is 30.0 Å². The first-order valence-electron chi connectivity index (χ1n) is 7.19. The van der Waals surface area contributed by atoms with Crippen molar-refractivity contribution in [2.24, 2.45) is 0 Å². The average molecular weight is 281 g/mol. The Kier molecular flexibility index (Phi) is 4.05. The van der Waals surface area contributed by atoms with Gasteiger partial charge in [-0.3, -0.25) is 0 Å². The summed E-state index contributed by atoms with van der Waals surface area (Å²) in [5.74, 6) is 1.03. The van der Waals surface area contributed by atoms with Crippen LogP contribution in [0.2, 0.25) is 0 Å². The van der Waals surface area contributed by atoms with Gasteiger partial charge in [0.15, 0.2) is 0 Å². The topological polar surface area (TPSA) is 43.0 Å². The number of hydrogen-bond acceptors (Lipinski definition) is 3. The van der Waals surface area contributed by atoms with E-state index in [1.807, 2.05) is 41.4 Å². The molecule has 1 aromatic carbocycles. The maximum absolute atomic E-state index is 5.38. The lowest BCUT2D eigenvalue weighted by Crippen LogP contribution is -2.17. The fourth-order valence-electron chi connectivity index (χ4n) is 2.37. The number of aryl methyl sites for hydroxylation is 1. The molecule has 4 nitrogen and oxygen atoms in total. The molecule has 0 saturated heterocycles. The van der Waals surface area contributed by atoms with Gasteiger partial charge >= 0.3 is 0 Å². The van der Waals surface area contributed by atoms with Gasteiger partial charge in [-0.25, -0.2) is 4.98 Å². The van der Waals surface area contributed by atoms with E-state index in [4.69, 9.17) is 4.42 Å². The van der Waals surface area contributed by atoms with Gasteiger partial charge < -0.3 is 14.3 Å². The number of aromatic nitrogens is 2. The Bertz CT molecular complexity index is 659. The van der Waals surface area contributed by atoms with Crippen LogP contribution in [0.15, 0.2) is 65.8 Å². The standard InChI is InChI=1S/C17H19N3O/c1-14(8-9-15-5-4-12-21-15)19-16-6-2-3-7-17(16)20-11-10-18-13-20/h2-7,10-14,19H,8-9H2,1H3. The second kappa shape index (κ2) is 6.31. The quantitative estimate of drug-likeness (QED) is 0.745. The van der Waals surface area contributed by atoms with Crippen LogP contribution < -0.4 is 5.32 Å². The first-order chi connectivity index (χ1) is 10.3. The average Bonchev–Trinajstić information content (AvgIpc) is 3.19. The highest BCUT2D eigenvalue weighted by atomic mass is 16.3. The molecule has 2 heterocycles. The highest BCUT2D eigenvalue weighted by Gasteiger charge is 2.08. The van der Waals surface area contributed by atoms with Gasteiger partial charge in [0, 0.05) is 24.9 Å². The Morgan fingerprint density at radius 2 is 2.14 bits per heavy atom. The SMILES string of the molecule is CC(CCc1ccco1)Nc1ccccc1-n1ccnc1. The number of imidazole rings is 1. The molecule has 0 bridgehead atoms. The summed E-state index contributed by atoms with van der Waals surface area (Å²) in [6.45, 7) is 2.19. The number of benzene rings is 1. The molecule has 4 heteroatoms. The molecule has 0 radical (unpaired) electrons. The maximum Gasteiger partial charge on any atom is 0.103 e. The molecule has 0 aliphatic carbocycles. The normalized spacial score (nSPS) is 12.2. The van der Waals surface area contributed by atoms with E-state index in [1.165, 1.54) is 0 Å². The monoisotopic (exact) mass is 281 g/mol. The van der Waals surface area contributed by atoms with Crippen molar-refractivity contribution in [3.8, 4) is 5.69 Å². The number of nitrogens with one attached hydrogen (secondary N) is 1.